The van der Waals surface area contributed by atoms with Gasteiger partial charge in [0, 0.05) is 28.3 Å². The van der Waals surface area contributed by atoms with Crippen LogP contribution in [-0.4, -0.2) is 48.9 Å². The number of rotatable bonds is 4. The molecule has 0 saturated carbocycles. The third-order valence-electron chi connectivity index (χ3n) is 7.31. The number of likely N-dealkylation sites (tertiary alicyclic amines) is 1. The fourth-order valence-electron chi connectivity index (χ4n) is 5.60. The molecule has 4 nitrogen and oxygen atoms in total. The van der Waals surface area contributed by atoms with E-state index in [-0.39, 0.29) is 41.9 Å². The quantitative estimate of drug-likeness (QED) is 0.371. The molecule has 0 spiro atoms. The summed E-state index contributed by atoms with van der Waals surface area (Å²) in [5.74, 6) is -0.411. The third-order valence-corrected chi connectivity index (χ3v) is 7.85. The first-order chi connectivity index (χ1) is 16.6. The number of amides is 1. The van der Waals surface area contributed by atoms with Gasteiger partial charge < -0.3 is 21.8 Å². The number of hydrogen-bond acceptors (Lipinski definition) is 2. The van der Waals surface area contributed by atoms with Crippen molar-refractivity contribution in [1.82, 2.24) is 0 Å². The largest absolute Gasteiger partial charge is 1.00 e. The molecule has 36 heavy (non-hydrogen) atoms. The zero-order valence-electron chi connectivity index (χ0n) is 20.0. The molecule has 0 radical (unpaired) electrons. The zero-order chi connectivity index (χ0) is 24.9. The van der Waals surface area contributed by atoms with Crippen molar-refractivity contribution in [1.29, 1.82) is 0 Å². The average molecular weight is 548 g/mol. The second kappa shape index (κ2) is 10.1. The zero-order valence-corrected chi connectivity index (χ0v) is 22.2. The van der Waals surface area contributed by atoms with Crippen molar-refractivity contribution < 1.29 is 30.9 Å². The lowest BCUT2D eigenvalue weighted by Crippen LogP contribution is -3.00. The predicted molar refractivity (Wildman–Crippen MR) is 137 cm³/mol. The fraction of sp³-hybridized carbons (Fsp3) is 0.286. The molecule has 5 rings (SSSR count). The molecule has 3 unspecified atom stereocenters. The topological polar surface area (TPSA) is 37.4 Å². The van der Waals surface area contributed by atoms with Gasteiger partial charge in [0.05, 0.1) is 37.1 Å². The molecule has 188 valence electrons. The van der Waals surface area contributed by atoms with Crippen LogP contribution in [0.15, 0.2) is 60.7 Å². The van der Waals surface area contributed by atoms with Crippen molar-refractivity contribution in [2.75, 3.05) is 31.6 Å². The Morgan fingerprint density at radius 3 is 2.47 bits per heavy atom. The highest BCUT2D eigenvalue weighted by Gasteiger charge is 2.49. The highest BCUT2D eigenvalue weighted by molar-refractivity contribution is 6.36. The lowest BCUT2D eigenvalue weighted by Gasteiger charge is -2.44. The van der Waals surface area contributed by atoms with Crippen LogP contribution < -0.4 is 17.3 Å². The summed E-state index contributed by atoms with van der Waals surface area (Å²) in [5.41, 5.74) is 4.11. The van der Waals surface area contributed by atoms with Gasteiger partial charge in [-0.05, 0) is 61.0 Å². The van der Waals surface area contributed by atoms with Crippen LogP contribution in [0.3, 0.4) is 0 Å². The number of piperidine rings is 1. The maximum Gasteiger partial charge on any atom is 0.258 e. The van der Waals surface area contributed by atoms with Crippen LogP contribution in [0.2, 0.25) is 10.0 Å². The Bertz CT molecular complexity index is 1330. The summed E-state index contributed by atoms with van der Waals surface area (Å²) in [7, 11) is 2.10. The molecular formula is C28H26Cl3FN2O2. The molecule has 1 amide bonds. The van der Waals surface area contributed by atoms with Gasteiger partial charge in [-0.1, -0.05) is 40.9 Å². The van der Waals surface area contributed by atoms with E-state index in [0.29, 0.717) is 32.2 Å². The second-order valence-electron chi connectivity index (χ2n) is 9.94. The maximum absolute atomic E-state index is 13.6. The van der Waals surface area contributed by atoms with E-state index in [2.05, 4.69) is 13.1 Å². The van der Waals surface area contributed by atoms with Crippen molar-refractivity contribution >= 4 is 40.6 Å². The van der Waals surface area contributed by atoms with Gasteiger partial charge in [0.15, 0.2) is 0 Å². The number of hydrogen-bond donors (Lipinski definition) is 0. The van der Waals surface area contributed by atoms with Gasteiger partial charge in [-0.25, -0.2) is 4.39 Å². The van der Waals surface area contributed by atoms with Gasteiger partial charge in [0.1, 0.15) is 12.4 Å². The molecule has 0 aliphatic carbocycles. The van der Waals surface area contributed by atoms with Crippen molar-refractivity contribution in [3.8, 4) is 0 Å². The van der Waals surface area contributed by atoms with Crippen molar-refractivity contribution in [2.45, 2.75) is 25.3 Å². The van der Waals surface area contributed by atoms with E-state index in [1.807, 2.05) is 24.0 Å². The normalized spacial score (nSPS) is 22.4. The van der Waals surface area contributed by atoms with Crippen molar-refractivity contribution in [3.63, 3.8) is 0 Å². The molecule has 2 heterocycles. The Balaban J connectivity index is 0.00000304. The van der Waals surface area contributed by atoms with Gasteiger partial charge in [-0.3, -0.25) is 9.59 Å². The summed E-state index contributed by atoms with van der Waals surface area (Å²) in [5, 5.41) is 0.860. The Labute approximate surface area is 226 Å². The molecule has 0 aromatic heterocycles. The molecule has 1 fully saturated rings. The van der Waals surface area contributed by atoms with Crippen LogP contribution in [0.25, 0.3) is 0 Å². The summed E-state index contributed by atoms with van der Waals surface area (Å²) in [6.45, 7) is 3.84. The Morgan fingerprint density at radius 1 is 1.06 bits per heavy atom. The molecule has 2 aliphatic heterocycles. The van der Waals surface area contributed by atoms with E-state index in [1.54, 1.807) is 18.2 Å². The number of anilines is 1. The summed E-state index contributed by atoms with van der Waals surface area (Å²) < 4.78 is 14.0. The van der Waals surface area contributed by atoms with Crippen molar-refractivity contribution in [2.24, 2.45) is 0 Å². The monoisotopic (exact) mass is 546 g/mol. The minimum Gasteiger partial charge on any atom is -1.00 e. The molecular weight excluding hydrogens is 522 g/mol. The number of aryl methyl sites for hydroxylation is 1. The minimum atomic E-state index is -0.368. The van der Waals surface area contributed by atoms with Gasteiger partial charge in [-0.15, -0.1) is 0 Å². The number of benzene rings is 3. The van der Waals surface area contributed by atoms with E-state index >= 15 is 0 Å². The van der Waals surface area contributed by atoms with E-state index in [9.17, 15) is 14.0 Å². The first-order valence-electron chi connectivity index (χ1n) is 11.7. The van der Waals surface area contributed by atoms with Crippen LogP contribution in [0.4, 0.5) is 10.1 Å². The van der Waals surface area contributed by atoms with Gasteiger partial charge in [-0.2, -0.15) is 0 Å². The molecule has 8 heteroatoms. The first kappa shape index (κ1) is 26.6. The minimum absolute atomic E-state index is 0. The highest BCUT2D eigenvalue weighted by atomic mass is 35.5. The first-order valence-corrected chi connectivity index (χ1v) is 12.4. The second-order valence-corrected chi connectivity index (χ2v) is 10.8. The summed E-state index contributed by atoms with van der Waals surface area (Å²) in [6.07, 6.45) is 0.753. The highest BCUT2D eigenvalue weighted by Crippen LogP contribution is 2.47. The fourth-order valence-corrected chi connectivity index (χ4v) is 6.11. The van der Waals surface area contributed by atoms with E-state index in [0.717, 1.165) is 36.3 Å². The number of fused-ring (bicyclic) bond motifs is 3. The maximum atomic E-state index is 13.6. The lowest BCUT2D eigenvalue weighted by atomic mass is 9.87. The number of likely N-dealkylation sites (N-methyl/N-ethyl adjacent to an activating group) is 1. The van der Waals surface area contributed by atoms with E-state index in [1.165, 1.54) is 24.3 Å². The van der Waals surface area contributed by atoms with Gasteiger partial charge in [0.2, 0.25) is 5.78 Å². The number of Topliss-reactive ketones (excluding diaryl/α,β-unsaturated/α-hetero) is 1. The number of ketones is 1. The SMILES string of the molecule is Cc1ccc2c(c1)C1C[N+](C)(CC(=O)c3ccc(Cl)cc3Cl)CCC1N2C(=O)c1ccc(F)cc1.[Cl-]. The average Bonchev–Trinajstić information content (AvgIpc) is 3.11. The van der Waals surface area contributed by atoms with Crippen LogP contribution >= 0.6 is 23.2 Å². The van der Waals surface area contributed by atoms with Crippen LogP contribution in [-0.2, 0) is 0 Å². The summed E-state index contributed by atoms with van der Waals surface area (Å²) in [6, 6.07) is 16.8. The van der Waals surface area contributed by atoms with Crippen LogP contribution in [0.5, 0.6) is 0 Å². The molecule has 3 aromatic carbocycles. The summed E-state index contributed by atoms with van der Waals surface area (Å²) in [4.78, 5) is 28.6. The number of quaternary nitrogens is 1. The Kier molecular flexibility index (Phi) is 7.50. The smallest absolute Gasteiger partial charge is 0.258 e. The number of nitrogens with zero attached hydrogens (tertiary/aromatic N) is 2. The molecule has 3 aromatic rings. The summed E-state index contributed by atoms with van der Waals surface area (Å²) >= 11 is 12.3. The standard InChI is InChI=1S/C28H26Cl2FN2O2.ClH/c1-17-3-10-25-22(13-17)23-15-33(2,16-27(34)21-9-6-19(29)14-24(21)30)12-11-26(23)32(25)28(35)18-4-7-20(31)8-5-18;/h3-10,13-14,23,26H,11-12,15-16H2,1-2H3;1H/q+1;/p-1. The molecule has 0 bridgehead atoms. The Morgan fingerprint density at radius 2 is 1.78 bits per heavy atom. The molecule has 0 N–H and O–H groups in total. The lowest BCUT2D eigenvalue weighted by molar-refractivity contribution is -0.907. The van der Waals surface area contributed by atoms with E-state index in [4.69, 9.17) is 23.2 Å². The van der Waals surface area contributed by atoms with E-state index < -0.39 is 0 Å². The van der Waals surface area contributed by atoms with Gasteiger partial charge >= 0.3 is 0 Å². The molecule has 1 saturated heterocycles. The predicted octanol–water partition coefficient (Wildman–Crippen LogP) is 3.29. The number of carbonyl (C=O) groups is 2. The van der Waals surface area contributed by atoms with Crippen LogP contribution in [0, 0.1) is 12.7 Å². The number of carbonyl (C=O) groups excluding carboxylic acids is 2. The number of halogens is 4. The van der Waals surface area contributed by atoms with Crippen molar-refractivity contribution in [3.05, 3.63) is 98.8 Å². The van der Waals surface area contributed by atoms with Crippen LogP contribution in [0.1, 0.15) is 44.2 Å². The molecule has 2 aliphatic rings. The Hall–Kier alpha value is -2.44. The van der Waals surface area contributed by atoms with Gasteiger partial charge in [0.25, 0.3) is 5.91 Å². The molecule has 3 atom stereocenters. The third kappa shape index (κ3) is 4.90.